The third-order valence-electron chi connectivity index (χ3n) is 7.77. The summed E-state index contributed by atoms with van der Waals surface area (Å²) < 4.78 is 137. The summed E-state index contributed by atoms with van der Waals surface area (Å²) in [5.74, 6) is -1.68. The predicted octanol–water partition coefficient (Wildman–Crippen LogP) is 2.93. The monoisotopic (exact) mass is 842 g/mol. The van der Waals surface area contributed by atoms with Crippen molar-refractivity contribution in [1.29, 1.82) is 0 Å². The molecule has 6 rings (SSSR count). The highest BCUT2D eigenvalue weighted by Crippen LogP contribution is 2.31. The Morgan fingerprint density at radius 1 is 0.536 bits per heavy atom. The van der Waals surface area contributed by atoms with Crippen LogP contribution < -0.4 is 10.9 Å². The first-order chi connectivity index (χ1) is 26.1. The van der Waals surface area contributed by atoms with Gasteiger partial charge in [0.1, 0.15) is 42.4 Å². The highest BCUT2D eigenvalue weighted by molar-refractivity contribution is 7.95. The minimum atomic E-state index is -5.01. The van der Waals surface area contributed by atoms with E-state index in [0.717, 1.165) is 48.6 Å². The molecule has 0 atom stereocenters. The summed E-state index contributed by atoms with van der Waals surface area (Å²) in [4.78, 5) is 30.7. The molecule has 2 aliphatic rings. The van der Waals surface area contributed by atoms with E-state index in [1.807, 2.05) is 0 Å². The van der Waals surface area contributed by atoms with Gasteiger partial charge in [0.15, 0.2) is 0 Å². The fourth-order valence-electron chi connectivity index (χ4n) is 5.30. The summed E-state index contributed by atoms with van der Waals surface area (Å²) in [5, 5.41) is 7.64. The third kappa shape index (κ3) is 8.26. The van der Waals surface area contributed by atoms with E-state index < -0.39 is 83.1 Å². The van der Waals surface area contributed by atoms with Gasteiger partial charge in [-0.25, -0.2) is 0 Å². The number of Topliss-reactive ketones (excluding diaryl/α,β-unsaturated/α-hetero) is 2. The minimum Gasteiger partial charge on any atom is -0.285 e. The number of hydrogen-bond donors (Lipinski definition) is 6. The van der Waals surface area contributed by atoms with E-state index in [2.05, 4.69) is 31.0 Å². The van der Waals surface area contributed by atoms with Gasteiger partial charge < -0.3 is 0 Å². The van der Waals surface area contributed by atoms with Crippen LogP contribution in [0.3, 0.4) is 0 Å². The molecule has 0 bridgehead atoms. The van der Waals surface area contributed by atoms with Crippen LogP contribution in [0.2, 0.25) is 0 Å². The molecular formula is C32H22N6O14S4. The summed E-state index contributed by atoms with van der Waals surface area (Å²) in [6.07, 6.45) is 6.11. The minimum absolute atomic E-state index is 0.145. The standard InChI is InChI=1S/C32H22N6O14S4/c39-31-23(15-27(55(47,48)49)21-3-1-11-33-29(21)31)37-35-19-9-7-17(25(13-19)53(41,42)43)5-6-18-8-10-20(14-26(18)54(44,45)46)36-38-24-16-28(56(50,51)52)22-4-2-12-34-30(22)32(24)40/h1-16,35-36H,(H,41,42,43)(H,44,45,46)(H,47,48,49)(H,50,51,52). The van der Waals surface area contributed by atoms with Gasteiger partial charge in [-0.15, -0.1) is 0 Å². The SMILES string of the molecule is O=C1C(=NNc2ccc(C=Cc3ccc(NN=C4C=C(S(=O)(=O)O)c5cccnc5C4=O)cc3S(=O)(=O)O)c(S(=O)(=O)O)c2)C=C(S(=O)(=O)O)c2cccnc21. The first kappa shape index (κ1) is 39.6. The van der Waals surface area contributed by atoms with Gasteiger partial charge in [-0.2, -0.15) is 43.9 Å². The van der Waals surface area contributed by atoms with Crippen LogP contribution in [-0.4, -0.2) is 84.8 Å². The Bertz CT molecular complexity index is 2810. The lowest BCUT2D eigenvalue weighted by Gasteiger charge is -2.15. The molecule has 2 aromatic carbocycles. The van der Waals surface area contributed by atoms with Crippen molar-refractivity contribution in [2.45, 2.75) is 9.79 Å². The molecule has 24 heteroatoms. The summed E-state index contributed by atoms with van der Waals surface area (Å²) in [6, 6.07) is 11.7. The number of nitrogens with zero attached hydrogens (tertiary/aromatic N) is 4. The van der Waals surface area contributed by atoms with E-state index in [1.54, 1.807) is 0 Å². The number of hydrazone groups is 2. The maximum absolute atomic E-state index is 12.9. The first-order valence-electron chi connectivity index (χ1n) is 15.1. The number of allylic oxidation sites excluding steroid dienone is 2. The largest absolute Gasteiger partial charge is 0.295 e. The Morgan fingerprint density at radius 3 is 1.25 bits per heavy atom. The topological polar surface area (TPSA) is 326 Å². The zero-order chi connectivity index (χ0) is 40.8. The molecule has 6 N–H and O–H groups in total. The normalized spacial score (nSPS) is 16.4. The zero-order valence-electron chi connectivity index (χ0n) is 27.5. The fraction of sp³-hybridized carbons (Fsp3) is 0. The molecule has 2 aromatic heterocycles. The van der Waals surface area contributed by atoms with E-state index in [4.69, 9.17) is 0 Å². The van der Waals surface area contributed by atoms with E-state index in [1.165, 1.54) is 48.8 Å². The second-order valence-corrected chi connectivity index (χ2v) is 17.0. The Labute approximate surface area is 316 Å². The number of benzene rings is 2. The van der Waals surface area contributed by atoms with E-state index >= 15 is 0 Å². The molecule has 20 nitrogen and oxygen atoms in total. The lowest BCUT2D eigenvalue weighted by atomic mass is 10.00. The molecule has 2 heterocycles. The van der Waals surface area contributed by atoms with Crippen LogP contribution in [-0.2, 0) is 40.5 Å². The highest BCUT2D eigenvalue weighted by Gasteiger charge is 2.33. The van der Waals surface area contributed by atoms with Crippen molar-refractivity contribution in [1.82, 2.24) is 9.97 Å². The molecule has 0 saturated heterocycles. The molecule has 0 unspecified atom stereocenters. The van der Waals surface area contributed by atoms with Crippen molar-refractivity contribution >= 4 is 96.8 Å². The van der Waals surface area contributed by atoms with Gasteiger partial charge in [-0.1, -0.05) is 24.3 Å². The number of fused-ring (bicyclic) bond motifs is 2. The van der Waals surface area contributed by atoms with Gasteiger partial charge in [0.25, 0.3) is 40.5 Å². The molecule has 0 amide bonds. The Hall–Kier alpha value is -6.12. The van der Waals surface area contributed by atoms with E-state index in [-0.39, 0.29) is 45.0 Å². The summed E-state index contributed by atoms with van der Waals surface area (Å²) in [7, 11) is -19.7. The molecule has 2 aliphatic carbocycles. The third-order valence-corrected chi connectivity index (χ3v) is 11.4. The van der Waals surface area contributed by atoms with Gasteiger partial charge in [-0.05, 0) is 71.8 Å². The smallest absolute Gasteiger partial charge is 0.285 e. The van der Waals surface area contributed by atoms with Crippen LogP contribution in [0.4, 0.5) is 11.4 Å². The van der Waals surface area contributed by atoms with Gasteiger partial charge in [-0.3, -0.25) is 48.6 Å². The van der Waals surface area contributed by atoms with Crippen LogP contribution in [0.1, 0.15) is 43.2 Å². The molecule has 0 fully saturated rings. The number of carbonyl (C=O) groups is 2. The van der Waals surface area contributed by atoms with Gasteiger partial charge in [0.05, 0.1) is 11.4 Å². The van der Waals surface area contributed by atoms with Crippen molar-refractivity contribution in [3.05, 3.63) is 119 Å². The van der Waals surface area contributed by atoms with Crippen molar-refractivity contribution in [2.75, 3.05) is 10.9 Å². The maximum Gasteiger partial charge on any atom is 0.295 e. The highest BCUT2D eigenvalue weighted by atomic mass is 32.2. The number of hydrogen-bond acceptors (Lipinski definition) is 16. The van der Waals surface area contributed by atoms with Crippen LogP contribution in [0, 0.1) is 0 Å². The zero-order valence-corrected chi connectivity index (χ0v) is 30.8. The average Bonchev–Trinajstić information content (AvgIpc) is 3.12. The molecule has 288 valence electrons. The first-order valence-corrected chi connectivity index (χ1v) is 20.9. The van der Waals surface area contributed by atoms with Crippen molar-refractivity contribution in [2.24, 2.45) is 10.2 Å². The van der Waals surface area contributed by atoms with E-state index in [9.17, 15) is 61.5 Å². The number of ketones is 2. The summed E-state index contributed by atoms with van der Waals surface area (Å²) in [5.41, 5.74) is 1.94. The van der Waals surface area contributed by atoms with Crippen molar-refractivity contribution < 1.29 is 61.5 Å². The molecule has 0 radical (unpaired) electrons. The molecule has 4 aromatic rings. The molecule has 0 saturated carbocycles. The number of carbonyl (C=O) groups excluding carboxylic acids is 2. The lowest BCUT2D eigenvalue weighted by molar-refractivity contribution is 0.105. The van der Waals surface area contributed by atoms with Gasteiger partial charge in [0.2, 0.25) is 11.6 Å². The Kier molecular flexibility index (Phi) is 10.3. The second kappa shape index (κ2) is 14.5. The van der Waals surface area contributed by atoms with Crippen molar-refractivity contribution in [3.8, 4) is 0 Å². The number of rotatable bonds is 10. The Balaban J connectivity index is 1.30. The Morgan fingerprint density at radius 2 is 0.911 bits per heavy atom. The number of pyridine rings is 2. The second-order valence-electron chi connectivity index (χ2n) is 11.4. The van der Waals surface area contributed by atoms with Crippen LogP contribution in [0.5, 0.6) is 0 Å². The van der Waals surface area contributed by atoms with Crippen LogP contribution in [0.25, 0.3) is 22.0 Å². The lowest BCUT2D eigenvalue weighted by Crippen LogP contribution is -2.24. The average molecular weight is 843 g/mol. The molecule has 56 heavy (non-hydrogen) atoms. The van der Waals surface area contributed by atoms with Gasteiger partial charge >= 0.3 is 0 Å². The number of aromatic nitrogens is 2. The predicted molar refractivity (Wildman–Crippen MR) is 200 cm³/mol. The molecule has 0 aliphatic heterocycles. The fourth-order valence-corrected chi connectivity index (χ4v) is 8.13. The maximum atomic E-state index is 12.9. The molecule has 0 spiro atoms. The number of anilines is 2. The van der Waals surface area contributed by atoms with Crippen molar-refractivity contribution in [3.63, 3.8) is 0 Å². The van der Waals surface area contributed by atoms with Crippen LogP contribution >= 0.6 is 0 Å². The quantitative estimate of drug-likeness (QED) is 0.0759. The number of nitrogens with one attached hydrogen (secondary N) is 2. The molecular weight excluding hydrogens is 821 g/mol. The summed E-state index contributed by atoms with van der Waals surface area (Å²) in [6.45, 7) is 0. The summed E-state index contributed by atoms with van der Waals surface area (Å²) >= 11 is 0. The van der Waals surface area contributed by atoms with E-state index in [0.29, 0.717) is 0 Å². The van der Waals surface area contributed by atoms with Crippen LogP contribution in [0.15, 0.2) is 105 Å². The van der Waals surface area contributed by atoms with Gasteiger partial charge in [0, 0.05) is 23.5 Å².